The van der Waals surface area contributed by atoms with Gasteiger partial charge in [0.1, 0.15) is 6.04 Å². The van der Waals surface area contributed by atoms with Gasteiger partial charge in [0.25, 0.3) is 11.8 Å². The Labute approximate surface area is 379 Å². The van der Waals surface area contributed by atoms with Gasteiger partial charge in [-0.05, 0) is 61.1 Å². The number of rotatable bonds is 21. The second-order valence-corrected chi connectivity index (χ2v) is 20.2. The molecule has 4 aliphatic rings. The lowest BCUT2D eigenvalue weighted by molar-refractivity contribution is -0.133. The number of amides is 5. The normalized spacial score (nSPS) is 24.2. The molecular weight excluding hydrogens is 829 g/mol. The number of unbranched alkanes of at least 4 members (excludes halogenated alkanes) is 7. The predicted octanol–water partition coefficient (Wildman–Crippen LogP) is 5.84. The Balaban J connectivity index is 1.000. The molecule has 14 heteroatoms. The van der Waals surface area contributed by atoms with E-state index in [1.54, 1.807) is 29.2 Å². The third-order valence-electron chi connectivity index (χ3n) is 13.5. The fourth-order valence-corrected chi connectivity index (χ4v) is 11.1. The van der Waals surface area contributed by atoms with Crippen molar-refractivity contribution in [2.24, 2.45) is 11.8 Å². The van der Waals surface area contributed by atoms with E-state index < -0.39 is 33.8 Å². The van der Waals surface area contributed by atoms with E-state index in [2.05, 4.69) is 54.1 Å². The highest BCUT2D eigenvalue weighted by Gasteiger charge is 2.49. The van der Waals surface area contributed by atoms with E-state index in [1.807, 2.05) is 36.4 Å². The van der Waals surface area contributed by atoms with Crippen LogP contribution in [0.5, 0.6) is 0 Å². The minimum absolute atomic E-state index is 0.00723. The van der Waals surface area contributed by atoms with E-state index in [4.69, 9.17) is 0 Å². The zero-order valence-corrected chi connectivity index (χ0v) is 38.3. The molecule has 64 heavy (non-hydrogen) atoms. The summed E-state index contributed by atoms with van der Waals surface area (Å²) in [6, 6.07) is 25.2. The van der Waals surface area contributed by atoms with Crippen molar-refractivity contribution < 1.29 is 32.4 Å². The number of carbonyl (C=O) groups excluding carboxylic acids is 5. The Bertz CT molecular complexity index is 2110. The van der Waals surface area contributed by atoms with Crippen molar-refractivity contribution in [1.29, 1.82) is 0 Å². The van der Waals surface area contributed by atoms with Gasteiger partial charge in [-0.1, -0.05) is 119 Å². The number of benzene rings is 3. The molecule has 1 unspecified atom stereocenters. The summed E-state index contributed by atoms with van der Waals surface area (Å²) in [6.07, 6.45) is 9.84. The van der Waals surface area contributed by atoms with Gasteiger partial charge in [0.15, 0.2) is 0 Å². The van der Waals surface area contributed by atoms with Gasteiger partial charge in [-0.3, -0.25) is 24.0 Å². The third kappa shape index (κ3) is 11.8. The molecule has 0 spiro atoms. The first-order valence-corrected chi connectivity index (χ1v) is 25.3. The lowest BCUT2D eigenvalue weighted by Gasteiger charge is -2.39. The van der Waals surface area contributed by atoms with E-state index in [-0.39, 0.29) is 86.0 Å². The van der Waals surface area contributed by atoms with Crippen LogP contribution in [0.3, 0.4) is 0 Å². The Morgan fingerprint density at radius 2 is 1.05 bits per heavy atom. The molecule has 2 saturated heterocycles. The zero-order valence-electron chi connectivity index (χ0n) is 37.5. The second kappa shape index (κ2) is 21.7. The average Bonchev–Trinajstić information content (AvgIpc) is 4.23. The molecule has 3 aromatic rings. The van der Waals surface area contributed by atoms with Crippen LogP contribution in [-0.4, -0.2) is 115 Å². The number of nitrogens with zero attached hydrogens (tertiary/aromatic N) is 3. The van der Waals surface area contributed by atoms with Crippen molar-refractivity contribution in [1.82, 2.24) is 30.1 Å². The van der Waals surface area contributed by atoms with Gasteiger partial charge in [0.2, 0.25) is 27.7 Å². The maximum atomic E-state index is 14.1. The quantitative estimate of drug-likeness (QED) is 0.113. The summed E-state index contributed by atoms with van der Waals surface area (Å²) in [4.78, 5) is 72.6. The fourth-order valence-electron chi connectivity index (χ4n) is 9.43. The van der Waals surface area contributed by atoms with Crippen molar-refractivity contribution in [3.8, 4) is 0 Å². The molecule has 13 nitrogen and oxygen atoms in total. The van der Waals surface area contributed by atoms with Crippen LogP contribution in [-0.2, 0) is 24.4 Å². The van der Waals surface area contributed by atoms with Crippen molar-refractivity contribution >= 4 is 39.6 Å². The van der Waals surface area contributed by atoms with Crippen LogP contribution in [0.4, 0.5) is 0 Å². The fraction of sp³-hybridized carbons (Fsp3) is 0.540. The lowest BCUT2D eigenvalue weighted by atomic mass is 9.94. The Kier molecular flexibility index (Phi) is 15.9. The molecule has 2 saturated carbocycles. The molecule has 2 aliphatic carbocycles. The van der Waals surface area contributed by atoms with E-state index in [0.29, 0.717) is 24.1 Å². The monoisotopic (exact) mass is 894 g/mol. The Hall–Kier alpha value is -5.08. The number of hydrogen-bond acceptors (Lipinski definition) is 7. The van der Waals surface area contributed by atoms with Gasteiger partial charge in [0, 0.05) is 74.3 Å². The number of hydrogen-bond donors (Lipinski definition) is 3. The molecule has 0 bridgehead atoms. The molecule has 2 aliphatic heterocycles. The van der Waals surface area contributed by atoms with Crippen LogP contribution in [0.1, 0.15) is 128 Å². The molecule has 0 radical (unpaired) electrons. The van der Waals surface area contributed by atoms with Gasteiger partial charge in [-0.15, -0.1) is 0 Å². The van der Waals surface area contributed by atoms with Crippen LogP contribution in [0.25, 0.3) is 0 Å². The summed E-state index contributed by atoms with van der Waals surface area (Å²) < 4.78 is 28.5. The number of piperazine rings is 1. The van der Waals surface area contributed by atoms with E-state index in [0.717, 1.165) is 75.3 Å². The van der Waals surface area contributed by atoms with Crippen LogP contribution in [0.2, 0.25) is 0 Å². The van der Waals surface area contributed by atoms with Gasteiger partial charge in [-0.2, -0.15) is 4.31 Å². The third-order valence-corrected chi connectivity index (χ3v) is 15.4. The highest BCUT2D eigenvalue weighted by atomic mass is 32.2. The lowest BCUT2D eigenvalue weighted by Crippen LogP contribution is -2.61. The molecule has 7 rings (SSSR count). The maximum Gasteiger partial charge on any atom is 0.253 e. The first-order valence-electron chi connectivity index (χ1n) is 23.7. The molecule has 3 N–H and O–H groups in total. The molecule has 0 aromatic heterocycles. The summed E-state index contributed by atoms with van der Waals surface area (Å²) in [7, 11) is -3.75. The number of carbonyl (C=O) groups is 5. The SMILES string of the molecule is CCCCCCCS(=O)(=O)N1CCN(C(=O)c2ccc(C(=O)N3C[C@@H](C(=O)N[C@H]4C[C@@H]4c4ccccc4)[C@H](C(=O)N[C@H]4C[C@@H]4c4ccccc4)C3)cc2)CC1C(=O)NCCCCCC. The summed E-state index contributed by atoms with van der Waals surface area (Å²) in [5.74, 6) is -2.69. The molecule has 344 valence electrons. The highest BCUT2D eigenvalue weighted by Crippen LogP contribution is 2.42. The first-order chi connectivity index (χ1) is 31.0. The number of nitrogens with one attached hydrogen (secondary N) is 3. The zero-order chi connectivity index (χ0) is 45.2. The Morgan fingerprint density at radius 3 is 1.56 bits per heavy atom. The Morgan fingerprint density at radius 1 is 0.562 bits per heavy atom. The van der Waals surface area contributed by atoms with Crippen LogP contribution in [0, 0.1) is 11.8 Å². The summed E-state index contributed by atoms with van der Waals surface area (Å²) in [5, 5.41) is 9.28. The summed E-state index contributed by atoms with van der Waals surface area (Å²) >= 11 is 0. The van der Waals surface area contributed by atoms with Crippen molar-refractivity contribution in [3.63, 3.8) is 0 Å². The molecule has 5 amide bonds. The predicted molar refractivity (Wildman–Crippen MR) is 247 cm³/mol. The average molecular weight is 895 g/mol. The minimum Gasteiger partial charge on any atom is -0.355 e. The molecule has 2 heterocycles. The topological polar surface area (TPSA) is 165 Å². The molecule has 4 fully saturated rings. The number of sulfonamides is 1. The molecular formula is C50H66N6O7S. The van der Waals surface area contributed by atoms with Crippen molar-refractivity contribution in [3.05, 3.63) is 107 Å². The van der Waals surface area contributed by atoms with Crippen LogP contribution in [0.15, 0.2) is 84.9 Å². The van der Waals surface area contributed by atoms with Gasteiger partial charge in [-0.25, -0.2) is 8.42 Å². The molecule has 7 atom stereocenters. The number of likely N-dealkylation sites (tertiary alicyclic amines) is 1. The van der Waals surface area contributed by atoms with Gasteiger partial charge in [0.05, 0.1) is 17.6 Å². The van der Waals surface area contributed by atoms with Crippen LogP contribution >= 0.6 is 0 Å². The standard InChI is InChI=1S/C50H66N6O7S/c1-3-5-7-9-17-29-64(62,63)56-28-27-54(34-45(56)48(59)51-26-16-8-6-4-2)49(60)37-22-24-38(25-23-37)50(61)55-32-41(46(57)52-43-30-39(43)35-18-12-10-13-19-35)42(33-55)47(58)53-44-31-40(44)36-20-14-11-15-21-36/h10-15,18-25,39-45H,3-9,16-17,26-34H2,1-2H3,(H,51,59)(H,52,57)(H,53,58)/t39-,40-,41-,42-,43+,44+,45?/m1/s1. The minimum atomic E-state index is -3.75. The van der Waals surface area contributed by atoms with Crippen molar-refractivity contribution in [2.45, 2.75) is 114 Å². The largest absolute Gasteiger partial charge is 0.355 e. The second-order valence-electron chi connectivity index (χ2n) is 18.2. The van der Waals surface area contributed by atoms with Gasteiger partial charge < -0.3 is 25.8 Å². The van der Waals surface area contributed by atoms with E-state index in [9.17, 15) is 32.4 Å². The van der Waals surface area contributed by atoms with Crippen molar-refractivity contribution in [2.75, 3.05) is 45.0 Å². The summed E-state index contributed by atoms with van der Waals surface area (Å²) in [6.45, 7) is 4.84. The molecule has 3 aromatic carbocycles. The van der Waals surface area contributed by atoms with Crippen LogP contribution < -0.4 is 16.0 Å². The maximum absolute atomic E-state index is 14.1. The van der Waals surface area contributed by atoms with E-state index >= 15 is 0 Å². The van der Waals surface area contributed by atoms with Gasteiger partial charge >= 0.3 is 0 Å². The van der Waals surface area contributed by atoms with E-state index in [1.165, 1.54) is 9.21 Å². The summed E-state index contributed by atoms with van der Waals surface area (Å²) in [5.41, 5.74) is 2.92. The highest BCUT2D eigenvalue weighted by molar-refractivity contribution is 7.89. The first kappa shape index (κ1) is 46.9. The smallest absolute Gasteiger partial charge is 0.253 e.